The smallest absolute Gasteiger partial charge is 0.0623 e. The molecule has 0 aliphatic rings. The van der Waals surface area contributed by atoms with Crippen molar-refractivity contribution in [3.8, 4) is 0 Å². The van der Waals surface area contributed by atoms with Gasteiger partial charge in [-0.05, 0) is 6.20 Å². The van der Waals surface area contributed by atoms with Gasteiger partial charge in [-0.25, -0.2) is 0 Å². The molecule has 9 heavy (non-hydrogen) atoms. The van der Waals surface area contributed by atoms with E-state index in [1.807, 2.05) is 0 Å². The average Bonchev–Trinajstić information content (AvgIpc) is 2.17. The van der Waals surface area contributed by atoms with E-state index in [0.29, 0.717) is 5.02 Å². The molecule has 0 saturated carbocycles. The van der Waals surface area contributed by atoms with Crippen LogP contribution in [-0.2, 0) is 0 Å². The molecule has 0 aliphatic carbocycles. The Labute approximate surface area is 56.1 Å². The number of nitrogens with one attached hydrogen (secondary N) is 1. The molecule has 1 aromatic rings. The summed E-state index contributed by atoms with van der Waals surface area (Å²) in [7, 11) is 0. The number of halogens is 1. The lowest BCUT2D eigenvalue weighted by Gasteiger charge is -1.99. The Morgan fingerprint density at radius 2 is 2.67 bits per heavy atom. The molecule has 5 nitrogen and oxygen atoms in total. The molecular formula is C3H3ClN5-. The molecule has 0 saturated heterocycles. The second-order valence-electron chi connectivity index (χ2n) is 1.27. The van der Waals surface area contributed by atoms with Gasteiger partial charge in [-0.2, -0.15) is 10.8 Å². The van der Waals surface area contributed by atoms with Crippen LogP contribution >= 0.6 is 11.6 Å². The minimum absolute atomic E-state index is 0.474. The highest BCUT2D eigenvalue weighted by Crippen LogP contribution is 2.05. The summed E-state index contributed by atoms with van der Waals surface area (Å²) in [5, 5.41) is 6.82. The average molecular weight is 145 g/mol. The molecule has 1 heterocycles. The van der Waals surface area contributed by atoms with Gasteiger partial charge in [0.2, 0.25) is 0 Å². The summed E-state index contributed by atoms with van der Waals surface area (Å²) in [5.74, 6) is 0. The second-order valence-corrected chi connectivity index (χ2v) is 1.70. The normalized spacial score (nSPS) is 9.00. The first-order valence-corrected chi connectivity index (χ1v) is 2.48. The topological polar surface area (TPSA) is 68.1 Å². The molecule has 0 atom stereocenters. The fourth-order valence-electron chi connectivity index (χ4n) is 0.386. The molecule has 6 heteroatoms. The van der Waals surface area contributed by atoms with Crippen LogP contribution in [0.2, 0.25) is 5.02 Å². The minimum atomic E-state index is 0.474. The van der Waals surface area contributed by atoms with E-state index in [2.05, 4.69) is 15.9 Å². The number of aromatic nitrogens is 2. The van der Waals surface area contributed by atoms with Crippen LogP contribution in [0.3, 0.4) is 0 Å². The van der Waals surface area contributed by atoms with Crippen LogP contribution in [0.1, 0.15) is 0 Å². The van der Waals surface area contributed by atoms with Gasteiger partial charge in [0.25, 0.3) is 0 Å². The predicted molar refractivity (Wildman–Crippen MR) is 31.1 cm³/mol. The molecule has 0 aromatic carbocycles. The SMILES string of the molecule is N=N[N-]n1cc(Cl)cn1. The molecule has 0 spiro atoms. The summed E-state index contributed by atoms with van der Waals surface area (Å²) < 4.78 is 0. The monoisotopic (exact) mass is 144 g/mol. The fourth-order valence-corrected chi connectivity index (χ4v) is 0.517. The van der Waals surface area contributed by atoms with E-state index in [0.717, 1.165) is 4.79 Å². The molecule has 1 aromatic heterocycles. The van der Waals surface area contributed by atoms with E-state index < -0.39 is 0 Å². The minimum Gasteiger partial charge on any atom is -0.324 e. The molecule has 0 unspecified atom stereocenters. The van der Waals surface area contributed by atoms with Gasteiger partial charge in [-0.15, -0.1) is 0 Å². The molecule has 0 aliphatic heterocycles. The van der Waals surface area contributed by atoms with Crippen molar-refractivity contribution >= 4 is 11.6 Å². The van der Waals surface area contributed by atoms with Crippen LogP contribution in [0.15, 0.2) is 17.6 Å². The van der Waals surface area contributed by atoms with E-state index >= 15 is 0 Å². The van der Waals surface area contributed by atoms with Crippen molar-refractivity contribution in [2.45, 2.75) is 0 Å². The Morgan fingerprint density at radius 1 is 1.89 bits per heavy atom. The van der Waals surface area contributed by atoms with Crippen molar-refractivity contribution in [3.05, 3.63) is 23.0 Å². The molecule has 0 bridgehead atoms. The van der Waals surface area contributed by atoms with E-state index in [1.165, 1.54) is 12.4 Å². The van der Waals surface area contributed by atoms with Gasteiger partial charge in [0.1, 0.15) is 0 Å². The van der Waals surface area contributed by atoms with Gasteiger partial charge in [0.15, 0.2) is 0 Å². The maximum absolute atomic E-state index is 6.30. The first kappa shape index (κ1) is 6.03. The van der Waals surface area contributed by atoms with Gasteiger partial charge in [0.05, 0.1) is 5.02 Å². The Morgan fingerprint density at radius 3 is 3.11 bits per heavy atom. The maximum atomic E-state index is 6.30. The maximum Gasteiger partial charge on any atom is 0.0623 e. The van der Waals surface area contributed by atoms with E-state index in [-0.39, 0.29) is 0 Å². The van der Waals surface area contributed by atoms with Crippen LogP contribution in [0, 0.1) is 5.53 Å². The first-order chi connectivity index (χ1) is 4.33. The van der Waals surface area contributed by atoms with Gasteiger partial charge in [-0.3, -0.25) is 9.89 Å². The van der Waals surface area contributed by atoms with Crippen LogP contribution in [-0.4, -0.2) is 9.89 Å². The van der Waals surface area contributed by atoms with Gasteiger partial charge >= 0.3 is 0 Å². The van der Waals surface area contributed by atoms with Crippen molar-refractivity contribution in [1.82, 2.24) is 9.89 Å². The zero-order valence-corrected chi connectivity index (χ0v) is 5.08. The second kappa shape index (κ2) is 2.45. The van der Waals surface area contributed by atoms with Gasteiger partial charge < -0.3 is 5.53 Å². The zero-order chi connectivity index (χ0) is 6.69. The van der Waals surface area contributed by atoms with Crippen molar-refractivity contribution in [3.63, 3.8) is 0 Å². The highest BCUT2D eigenvalue weighted by atomic mass is 35.5. The lowest BCUT2D eigenvalue weighted by atomic mass is 10.7. The Balaban J connectivity index is 2.72. The predicted octanol–water partition coefficient (Wildman–Crippen LogP) is 1.62. The standard InChI is InChI=1S/C3H3ClN5/c4-3-1-6-9(2-3)8-7-5/h1-2H,(H-,5,8)/q-1. The Kier molecular flexibility index (Phi) is 1.64. The van der Waals surface area contributed by atoms with E-state index in [9.17, 15) is 0 Å². The molecule has 48 valence electrons. The summed E-state index contributed by atoms with van der Waals surface area (Å²) in [5.41, 5.74) is 9.54. The molecule has 1 rings (SSSR count). The van der Waals surface area contributed by atoms with Gasteiger partial charge in [0, 0.05) is 6.20 Å². The molecule has 0 fully saturated rings. The molecule has 1 N–H and O–H groups in total. The van der Waals surface area contributed by atoms with Crippen molar-refractivity contribution in [2.24, 2.45) is 5.22 Å². The van der Waals surface area contributed by atoms with Crippen LogP contribution in [0.25, 0.3) is 5.53 Å². The number of hydrogen-bond acceptors (Lipinski definition) is 3. The summed E-state index contributed by atoms with van der Waals surface area (Å²) in [6.45, 7) is 0. The largest absolute Gasteiger partial charge is 0.324 e. The summed E-state index contributed by atoms with van der Waals surface area (Å²) >= 11 is 5.45. The van der Waals surface area contributed by atoms with Gasteiger partial charge in [-0.1, -0.05) is 11.6 Å². The highest BCUT2D eigenvalue weighted by Gasteiger charge is 1.84. The number of hydrogen-bond donors (Lipinski definition) is 1. The third-order valence-electron chi connectivity index (χ3n) is 0.675. The molecular weight excluding hydrogens is 142 g/mol. The van der Waals surface area contributed by atoms with Crippen molar-refractivity contribution in [1.29, 1.82) is 5.53 Å². The lowest BCUT2D eigenvalue weighted by molar-refractivity contribution is 0.780. The zero-order valence-electron chi connectivity index (χ0n) is 4.32. The quantitative estimate of drug-likeness (QED) is 0.497. The summed E-state index contributed by atoms with van der Waals surface area (Å²) in [6.07, 6.45) is 2.86. The third kappa shape index (κ3) is 1.39. The fraction of sp³-hybridized carbons (Fsp3) is 0. The van der Waals surface area contributed by atoms with Crippen LogP contribution < -0.4 is 0 Å². The number of rotatable bonds is 2. The molecule has 0 radical (unpaired) electrons. The van der Waals surface area contributed by atoms with E-state index in [4.69, 9.17) is 17.1 Å². The van der Waals surface area contributed by atoms with E-state index in [1.54, 1.807) is 0 Å². The third-order valence-corrected chi connectivity index (χ3v) is 0.870. The van der Waals surface area contributed by atoms with Crippen LogP contribution in [0.5, 0.6) is 0 Å². The Bertz CT molecular complexity index is 206. The lowest BCUT2D eigenvalue weighted by Crippen LogP contribution is -1.85. The Hall–Kier alpha value is -1.10. The summed E-state index contributed by atoms with van der Waals surface area (Å²) in [6, 6.07) is 0. The highest BCUT2D eigenvalue weighted by molar-refractivity contribution is 6.30. The number of nitrogens with zero attached hydrogens (tertiary/aromatic N) is 4. The first-order valence-electron chi connectivity index (χ1n) is 2.11. The van der Waals surface area contributed by atoms with Crippen molar-refractivity contribution in [2.75, 3.05) is 0 Å². The van der Waals surface area contributed by atoms with Crippen LogP contribution in [0.4, 0.5) is 0 Å². The summed E-state index contributed by atoms with van der Waals surface area (Å²) in [4.78, 5) is 1.11. The van der Waals surface area contributed by atoms with Crippen molar-refractivity contribution < 1.29 is 0 Å². The molecule has 0 amide bonds.